The standard InChI is InChI=1S/C17H38NO2PS/c1-5-8-9-10-11-12-13-14-16-20-21(4,19)22-17-15-18(6-2)7-3/h5-17H2,1-4H3. The van der Waals surface area contributed by atoms with Gasteiger partial charge in [-0.15, -0.1) is 0 Å². The SMILES string of the molecule is CCCCCCCCCCOP(C)(=O)SCCN(CC)CC. The minimum atomic E-state index is -2.45. The molecule has 5 heteroatoms. The Hall–Kier alpha value is 0.500. The van der Waals surface area contributed by atoms with E-state index in [1.54, 1.807) is 6.66 Å². The fourth-order valence-electron chi connectivity index (χ4n) is 2.38. The van der Waals surface area contributed by atoms with Crippen molar-refractivity contribution in [2.45, 2.75) is 72.1 Å². The molecule has 0 amide bonds. The Bertz CT molecular complexity index is 286. The molecule has 0 N–H and O–H groups in total. The van der Waals surface area contributed by atoms with E-state index in [-0.39, 0.29) is 0 Å². The van der Waals surface area contributed by atoms with Crippen LogP contribution in [0.3, 0.4) is 0 Å². The van der Waals surface area contributed by atoms with Crippen LogP contribution < -0.4 is 0 Å². The molecular weight excluding hydrogens is 313 g/mol. The van der Waals surface area contributed by atoms with E-state index in [2.05, 4.69) is 25.7 Å². The van der Waals surface area contributed by atoms with Crippen LogP contribution in [-0.2, 0) is 9.09 Å². The average Bonchev–Trinajstić information content (AvgIpc) is 2.50. The molecule has 0 rings (SSSR count). The highest BCUT2D eigenvalue weighted by Crippen LogP contribution is 2.56. The van der Waals surface area contributed by atoms with E-state index in [0.717, 1.165) is 31.8 Å². The number of hydrogen-bond acceptors (Lipinski definition) is 4. The third-order valence-electron chi connectivity index (χ3n) is 3.95. The van der Waals surface area contributed by atoms with Crippen molar-refractivity contribution in [2.24, 2.45) is 0 Å². The maximum Gasteiger partial charge on any atom is 0.254 e. The van der Waals surface area contributed by atoms with Gasteiger partial charge in [-0.2, -0.15) is 0 Å². The molecule has 0 aliphatic heterocycles. The minimum absolute atomic E-state index is 0.654. The van der Waals surface area contributed by atoms with E-state index in [1.807, 2.05) is 0 Å². The van der Waals surface area contributed by atoms with Gasteiger partial charge in [-0.3, -0.25) is 4.57 Å². The number of rotatable bonds is 16. The van der Waals surface area contributed by atoms with E-state index < -0.39 is 6.57 Å². The van der Waals surface area contributed by atoms with Crippen molar-refractivity contribution in [1.82, 2.24) is 4.90 Å². The summed E-state index contributed by atoms with van der Waals surface area (Å²) in [5, 5.41) is 0. The van der Waals surface area contributed by atoms with Gasteiger partial charge in [0, 0.05) is 19.0 Å². The molecule has 0 heterocycles. The summed E-state index contributed by atoms with van der Waals surface area (Å²) in [7, 11) is 0. The van der Waals surface area contributed by atoms with Gasteiger partial charge in [-0.1, -0.05) is 77.1 Å². The highest BCUT2D eigenvalue weighted by Gasteiger charge is 2.16. The largest absolute Gasteiger partial charge is 0.321 e. The van der Waals surface area contributed by atoms with E-state index in [9.17, 15) is 4.57 Å². The Morgan fingerprint density at radius 1 is 0.909 bits per heavy atom. The molecule has 0 fully saturated rings. The van der Waals surface area contributed by atoms with Crippen molar-refractivity contribution >= 4 is 18.0 Å². The second kappa shape index (κ2) is 15.1. The summed E-state index contributed by atoms with van der Waals surface area (Å²) in [6, 6.07) is 0. The zero-order chi connectivity index (χ0) is 16.7. The summed E-state index contributed by atoms with van der Waals surface area (Å²) in [4.78, 5) is 2.35. The minimum Gasteiger partial charge on any atom is -0.321 e. The topological polar surface area (TPSA) is 29.5 Å². The highest BCUT2D eigenvalue weighted by atomic mass is 32.7. The van der Waals surface area contributed by atoms with Crippen molar-refractivity contribution in [1.29, 1.82) is 0 Å². The molecule has 0 saturated carbocycles. The predicted octanol–water partition coefficient (Wildman–Crippen LogP) is 6.04. The average molecular weight is 352 g/mol. The third kappa shape index (κ3) is 14.1. The molecule has 0 aromatic heterocycles. The summed E-state index contributed by atoms with van der Waals surface area (Å²) in [5.41, 5.74) is 0. The lowest BCUT2D eigenvalue weighted by molar-refractivity contribution is 0.314. The van der Waals surface area contributed by atoms with Crippen LogP contribution in [0.1, 0.15) is 72.1 Å². The molecule has 0 aliphatic rings. The first-order valence-electron chi connectivity index (χ1n) is 9.14. The Labute approximate surface area is 143 Å². The lowest BCUT2D eigenvalue weighted by Gasteiger charge is -2.19. The van der Waals surface area contributed by atoms with Crippen molar-refractivity contribution in [3.05, 3.63) is 0 Å². The molecule has 0 aromatic rings. The smallest absolute Gasteiger partial charge is 0.254 e. The monoisotopic (exact) mass is 351 g/mol. The van der Waals surface area contributed by atoms with Crippen LogP contribution >= 0.6 is 18.0 Å². The van der Waals surface area contributed by atoms with Gasteiger partial charge in [-0.25, -0.2) is 0 Å². The molecule has 0 spiro atoms. The molecule has 3 nitrogen and oxygen atoms in total. The summed E-state index contributed by atoms with van der Waals surface area (Å²) in [5.74, 6) is 0.896. The van der Waals surface area contributed by atoms with Crippen LogP contribution in [0.4, 0.5) is 0 Å². The van der Waals surface area contributed by atoms with Gasteiger partial charge in [0.2, 0.25) is 0 Å². The van der Waals surface area contributed by atoms with Gasteiger partial charge >= 0.3 is 0 Å². The van der Waals surface area contributed by atoms with E-state index in [1.165, 1.54) is 56.3 Å². The Balaban J connectivity index is 3.49. The molecule has 22 heavy (non-hydrogen) atoms. The summed E-state index contributed by atoms with van der Waals surface area (Å²) in [6.07, 6.45) is 10.3. The quantitative estimate of drug-likeness (QED) is 0.250. The summed E-state index contributed by atoms with van der Waals surface area (Å²) >= 11 is 1.51. The fourth-order valence-corrected chi connectivity index (χ4v) is 5.27. The zero-order valence-electron chi connectivity index (χ0n) is 15.3. The van der Waals surface area contributed by atoms with Gasteiger partial charge in [0.15, 0.2) is 0 Å². The van der Waals surface area contributed by atoms with Crippen LogP contribution in [0, 0.1) is 0 Å². The maximum atomic E-state index is 12.3. The van der Waals surface area contributed by atoms with Crippen LogP contribution in [0.15, 0.2) is 0 Å². The first-order valence-corrected chi connectivity index (χ1v) is 12.8. The van der Waals surface area contributed by atoms with Crippen LogP contribution in [0.5, 0.6) is 0 Å². The van der Waals surface area contributed by atoms with Gasteiger partial charge in [0.1, 0.15) is 0 Å². The molecule has 0 radical (unpaired) electrons. The number of nitrogens with zero attached hydrogens (tertiary/aromatic N) is 1. The fraction of sp³-hybridized carbons (Fsp3) is 1.00. The van der Waals surface area contributed by atoms with Gasteiger partial charge < -0.3 is 9.42 Å². The highest BCUT2D eigenvalue weighted by molar-refractivity contribution is 8.56. The van der Waals surface area contributed by atoms with Crippen molar-refractivity contribution in [3.8, 4) is 0 Å². The van der Waals surface area contributed by atoms with Gasteiger partial charge in [0.05, 0.1) is 6.61 Å². The van der Waals surface area contributed by atoms with Crippen molar-refractivity contribution in [2.75, 3.05) is 38.7 Å². The van der Waals surface area contributed by atoms with Crippen LogP contribution in [0.2, 0.25) is 0 Å². The molecule has 0 aliphatic carbocycles. The van der Waals surface area contributed by atoms with Crippen LogP contribution in [0.25, 0.3) is 0 Å². The Morgan fingerprint density at radius 3 is 2.00 bits per heavy atom. The van der Waals surface area contributed by atoms with Gasteiger partial charge in [0.25, 0.3) is 6.57 Å². The molecule has 1 unspecified atom stereocenters. The normalized spacial score (nSPS) is 14.4. The second-order valence-corrected chi connectivity index (χ2v) is 11.2. The Kier molecular flexibility index (Phi) is 15.4. The van der Waals surface area contributed by atoms with Crippen molar-refractivity contribution < 1.29 is 9.09 Å². The van der Waals surface area contributed by atoms with E-state index in [0.29, 0.717) is 6.61 Å². The number of unbranched alkanes of at least 4 members (excludes halogenated alkanes) is 7. The zero-order valence-corrected chi connectivity index (χ0v) is 17.0. The molecule has 134 valence electrons. The first-order chi connectivity index (χ1) is 10.6. The first kappa shape index (κ1) is 22.5. The molecular formula is C17H38NO2PS. The molecule has 0 bridgehead atoms. The van der Waals surface area contributed by atoms with E-state index in [4.69, 9.17) is 4.52 Å². The lowest BCUT2D eigenvalue weighted by atomic mass is 10.1. The van der Waals surface area contributed by atoms with Gasteiger partial charge in [-0.05, 0) is 19.5 Å². The predicted molar refractivity (Wildman–Crippen MR) is 102 cm³/mol. The summed E-state index contributed by atoms with van der Waals surface area (Å²) < 4.78 is 17.9. The molecule has 1 atom stereocenters. The van der Waals surface area contributed by atoms with E-state index >= 15 is 0 Å². The number of hydrogen-bond donors (Lipinski definition) is 0. The molecule has 0 saturated heterocycles. The molecule has 0 aromatic carbocycles. The van der Waals surface area contributed by atoms with Crippen LogP contribution in [-0.4, -0.2) is 43.6 Å². The maximum absolute atomic E-state index is 12.3. The van der Waals surface area contributed by atoms with Crippen molar-refractivity contribution in [3.63, 3.8) is 0 Å². The Morgan fingerprint density at radius 2 is 1.45 bits per heavy atom. The lowest BCUT2D eigenvalue weighted by Crippen LogP contribution is -2.25. The third-order valence-corrected chi connectivity index (χ3v) is 7.71. The second-order valence-electron chi connectivity index (χ2n) is 5.94. The summed E-state index contributed by atoms with van der Waals surface area (Å²) in [6.45, 7) is 9.67.